The molecule has 2 unspecified atom stereocenters. The van der Waals surface area contributed by atoms with E-state index in [1.165, 1.54) is 5.57 Å². The van der Waals surface area contributed by atoms with Crippen LogP contribution in [-0.2, 0) is 18.1 Å². The number of nitriles is 1. The molecule has 0 amide bonds. The molecule has 0 fully saturated rings. The maximum absolute atomic E-state index is 12.7. The minimum Gasteiger partial charge on any atom is -0.396 e. The van der Waals surface area contributed by atoms with E-state index in [-0.39, 0.29) is 32.8 Å². The summed E-state index contributed by atoms with van der Waals surface area (Å²) in [4.78, 5) is 0. The third kappa shape index (κ3) is 8.50. The van der Waals surface area contributed by atoms with Crippen molar-refractivity contribution in [3.8, 4) is 6.07 Å². The molecule has 2 atom stereocenters. The predicted octanol–water partition coefficient (Wildman–Crippen LogP) is 4.70. The van der Waals surface area contributed by atoms with Gasteiger partial charge in [0, 0.05) is 16.9 Å². The number of aliphatic hydroxyl groups excluding tert-OH is 1. The summed E-state index contributed by atoms with van der Waals surface area (Å²) in [6.07, 6.45) is 6.80. The number of hydrogen-bond donors (Lipinski definition) is 1. The van der Waals surface area contributed by atoms with Crippen molar-refractivity contribution in [2.24, 2.45) is 5.41 Å². The Morgan fingerprint density at radius 1 is 1.36 bits per heavy atom. The Labute approximate surface area is 155 Å². The van der Waals surface area contributed by atoms with Crippen LogP contribution in [0.15, 0.2) is 22.8 Å². The van der Waals surface area contributed by atoms with Crippen molar-refractivity contribution in [3.63, 3.8) is 0 Å². The maximum Gasteiger partial charge on any atom is 0.474 e. The molecule has 0 aromatic rings. The van der Waals surface area contributed by atoms with Gasteiger partial charge in [0.15, 0.2) is 0 Å². The highest BCUT2D eigenvalue weighted by atomic mass is 35.5. The highest BCUT2D eigenvalue weighted by molar-refractivity contribution is 7.48. The summed E-state index contributed by atoms with van der Waals surface area (Å²) in [7, 11) is -3.77. The number of rotatable bonds is 13. The first-order valence-corrected chi connectivity index (χ1v) is 10.3. The molecule has 0 heterocycles. The smallest absolute Gasteiger partial charge is 0.396 e. The van der Waals surface area contributed by atoms with Crippen molar-refractivity contribution in [2.45, 2.75) is 46.0 Å². The fourth-order valence-corrected chi connectivity index (χ4v) is 3.60. The Balaban J connectivity index is 2.47. The molecular formula is C17H27ClNO5P. The van der Waals surface area contributed by atoms with Crippen LogP contribution in [0.1, 0.15) is 46.0 Å². The van der Waals surface area contributed by atoms with Gasteiger partial charge in [-0.1, -0.05) is 37.1 Å². The highest BCUT2D eigenvalue weighted by Crippen LogP contribution is 2.51. The van der Waals surface area contributed by atoms with E-state index >= 15 is 0 Å². The Hall–Kier alpha value is -0.670. The zero-order valence-corrected chi connectivity index (χ0v) is 16.5. The van der Waals surface area contributed by atoms with Crippen molar-refractivity contribution in [3.05, 3.63) is 22.8 Å². The van der Waals surface area contributed by atoms with Crippen molar-refractivity contribution >= 4 is 19.4 Å². The van der Waals surface area contributed by atoms with Gasteiger partial charge >= 0.3 is 7.82 Å². The van der Waals surface area contributed by atoms with Crippen molar-refractivity contribution < 1.29 is 23.2 Å². The molecule has 1 N–H and O–H groups in total. The Kier molecular flexibility index (Phi) is 9.96. The third-order valence-corrected chi connectivity index (χ3v) is 5.76. The lowest BCUT2D eigenvalue weighted by atomic mass is 9.90. The van der Waals surface area contributed by atoms with E-state index in [9.17, 15) is 9.67 Å². The first-order chi connectivity index (χ1) is 11.9. The van der Waals surface area contributed by atoms with Crippen LogP contribution in [-0.4, -0.2) is 31.5 Å². The van der Waals surface area contributed by atoms with Gasteiger partial charge in [0.1, 0.15) is 0 Å². The van der Waals surface area contributed by atoms with Crippen LogP contribution in [0.3, 0.4) is 0 Å². The van der Waals surface area contributed by atoms with Crippen LogP contribution < -0.4 is 0 Å². The van der Waals surface area contributed by atoms with Gasteiger partial charge in [-0.3, -0.25) is 13.6 Å². The number of phosphoric acid groups is 1. The lowest BCUT2D eigenvalue weighted by Crippen LogP contribution is -2.26. The van der Waals surface area contributed by atoms with Crippen LogP contribution in [0, 0.1) is 16.7 Å². The van der Waals surface area contributed by atoms with E-state index in [0.717, 1.165) is 17.9 Å². The van der Waals surface area contributed by atoms with E-state index < -0.39 is 13.2 Å². The summed E-state index contributed by atoms with van der Waals surface area (Å²) < 4.78 is 28.7. The number of allylic oxidation sites excluding steroid dienone is 4. The Bertz CT molecular complexity index is 566. The van der Waals surface area contributed by atoms with Gasteiger partial charge in [-0.05, 0) is 25.3 Å². The van der Waals surface area contributed by atoms with E-state index in [2.05, 4.69) is 0 Å². The SMILES string of the molecule is CCC(C)(CO)COP(=O)(OCCC#N)OCCCC1=CC=C(Cl)C1. The first-order valence-electron chi connectivity index (χ1n) is 8.42. The third-order valence-electron chi connectivity index (χ3n) is 4.06. The van der Waals surface area contributed by atoms with Gasteiger partial charge < -0.3 is 5.11 Å². The molecule has 1 rings (SSSR count). The fourth-order valence-electron chi connectivity index (χ4n) is 2.00. The summed E-state index contributed by atoms with van der Waals surface area (Å²) in [6, 6.07) is 1.92. The van der Waals surface area contributed by atoms with E-state index in [1.54, 1.807) is 0 Å². The molecule has 0 aromatic carbocycles. The van der Waals surface area contributed by atoms with Gasteiger partial charge in [-0.2, -0.15) is 5.26 Å². The number of nitrogens with zero attached hydrogens (tertiary/aromatic N) is 1. The quantitative estimate of drug-likeness (QED) is 0.361. The fraction of sp³-hybridized carbons (Fsp3) is 0.706. The van der Waals surface area contributed by atoms with Gasteiger partial charge in [-0.15, -0.1) is 0 Å². The summed E-state index contributed by atoms with van der Waals surface area (Å²) in [5.74, 6) is 0. The standard InChI is InChI=1S/C17H27ClNO5P/c1-3-17(2,13-20)14-24-25(21,23-11-5-9-19)22-10-4-6-15-7-8-16(18)12-15/h7-8,20H,3-6,10-14H2,1-2H3. The highest BCUT2D eigenvalue weighted by Gasteiger charge is 2.31. The molecule has 142 valence electrons. The van der Waals surface area contributed by atoms with Crippen molar-refractivity contribution in [1.82, 2.24) is 0 Å². The Morgan fingerprint density at radius 3 is 2.64 bits per heavy atom. The molecule has 0 radical (unpaired) electrons. The lowest BCUT2D eigenvalue weighted by molar-refractivity contribution is 0.0419. The first kappa shape index (κ1) is 22.4. The van der Waals surface area contributed by atoms with Crippen LogP contribution in [0.2, 0.25) is 0 Å². The van der Waals surface area contributed by atoms with Gasteiger partial charge in [0.2, 0.25) is 0 Å². The molecule has 8 heteroatoms. The van der Waals surface area contributed by atoms with E-state index in [0.29, 0.717) is 12.8 Å². The zero-order valence-electron chi connectivity index (χ0n) is 14.9. The van der Waals surface area contributed by atoms with Gasteiger partial charge in [0.25, 0.3) is 0 Å². The maximum atomic E-state index is 12.7. The number of hydrogen-bond acceptors (Lipinski definition) is 6. The molecule has 0 saturated heterocycles. The molecule has 0 aromatic heterocycles. The molecular weight excluding hydrogens is 365 g/mol. The van der Waals surface area contributed by atoms with Crippen molar-refractivity contribution in [1.29, 1.82) is 5.26 Å². The number of phosphoric ester groups is 1. The average molecular weight is 392 g/mol. The van der Waals surface area contributed by atoms with Crippen LogP contribution in [0.5, 0.6) is 0 Å². The predicted molar refractivity (Wildman–Crippen MR) is 97.0 cm³/mol. The Morgan fingerprint density at radius 2 is 2.08 bits per heavy atom. The summed E-state index contributed by atoms with van der Waals surface area (Å²) in [5.41, 5.74) is 0.683. The van der Waals surface area contributed by atoms with E-state index in [1.807, 2.05) is 32.1 Å². The minimum absolute atomic E-state index is 0.0274. The molecule has 0 bridgehead atoms. The summed E-state index contributed by atoms with van der Waals surface area (Å²) >= 11 is 5.92. The summed E-state index contributed by atoms with van der Waals surface area (Å²) in [5, 5.41) is 18.8. The molecule has 6 nitrogen and oxygen atoms in total. The monoisotopic (exact) mass is 391 g/mol. The molecule has 0 saturated carbocycles. The molecule has 1 aliphatic carbocycles. The normalized spacial score (nSPS) is 18.8. The topological polar surface area (TPSA) is 88.8 Å². The van der Waals surface area contributed by atoms with Crippen LogP contribution >= 0.6 is 19.4 Å². The van der Waals surface area contributed by atoms with Crippen molar-refractivity contribution in [2.75, 3.05) is 26.4 Å². The van der Waals surface area contributed by atoms with E-state index in [4.69, 9.17) is 30.4 Å². The molecule has 1 aliphatic rings. The number of halogens is 1. The van der Waals surface area contributed by atoms with Gasteiger partial charge in [0.05, 0.1) is 38.9 Å². The second-order valence-electron chi connectivity index (χ2n) is 6.34. The molecule has 0 spiro atoms. The summed E-state index contributed by atoms with van der Waals surface area (Å²) in [6.45, 7) is 3.88. The van der Waals surface area contributed by atoms with Crippen LogP contribution in [0.25, 0.3) is 0 Å². The van der Waals surface area contributed by atoms with Gasteiger partial charge in [-0.25, -0.2) is 4.57 Å². The second kappa shape index (κ2) is 11.1. The second-order valence-corrected chi connectivity index (χ2v) is 8.49. The lowest BCUT2D eigenvalue weighted by Gasteiger charge is -2.27. The number of aliphatic hydroxyl groups is 1. The largest absolute Gasteiger partial charge is 0.474 e. The zero-order chi connectivity index (χ0) is 18.8. The molecule has 0 aliphatic heterocycles. The average Bonchev–Trinajstić information content (AvgIpc) is 3.02. The molecule has 25 heavy (non-hydrogen) atoms. The van der Waals surface area contributed by atoms with Crippen LogP contribution in [0.4, 0.5) is 0 Å². The minimum atomic E-state index is -3.77.